The zero-order valence-corrected chi connectivity index (χ0v) is 47.5. The van der Waals surface area contributed by atoms with Gasteiger partial charge in [-0.2, -0.15) is 0 Å². The molecular formula is C79H51N9. The molecule has 9 heteroatoms. The molecule has 0 saturated heterocycles. The van der Waals surface area contributed by atoms with Gasteiger partial charge in [0.15, 0.2) is 0 Å². The summed E-state index contributed by atoms with van der Waals surface area (Å²) in [4.78, 5) is 26.3. The van der Waals surface area contributed by atoms with Crippen molar-refractivity contribution in [1.29, 1.82) is 0 Å². The Bertz CT molecular complexity index is 6060. The number of allylic oxidation sites excluding steroid dienone is 2. The van der Waals surface area contributed by atoms with E-state index >= 15 is 0 Å². The number of rotatable bonds is 0. The van der Waals surface area contributed by atoms with E-state index in [2.05, 4.69) is 290 Å². The molecule has 2 unspecified atom stereocenters. The monoisotopic (exact) mass is 1130 g/mol. The molecule has 0 spiro atoms. The molecule has 0 fully saturated rings. The van der Waals surface area contributed by atoms with E-state index in [0.29, 0.717) is 6.04 Å². The Labute approximate surface area is 503 Å². The van der Waals surface area contributed by atoms with Crippen molar-refractivity contribution in [3.63, 3.8) is 0 Å². The first-order chi connectivity index (χ1) is 43.7. The highest BCUT2D eigenvalue weighted by Crippen LogP contribution is 2.40. The van der Waals surface area contributed by atoms with Crippen LogP contribution < -0.4 is 0 Å². The maximum atomic E-state index is 5.01. The smallest absolute Gasteiger partial charge is 0.147 e. The maximum Gasteiger partial charge on any atom is 0.147 e. The van der Waals surface area contributed by atoms with E-state index in [4.69, 9.17) is 19.9 Å². The van der Waals surface area contributed by atoms with Crippen molar-refractivity contribution in [2.75, 3.05) is 0 Å². The van der Waals surface area contributed by atoms with Crippen LogP contribution in [0.15, 0.2) is 301 Å². The highest BCUT2D eigenvalue weighted by atomic mass is 15.3. The Morgan fingerprint density at radius 2 is 0.727 bits per heavy atom. The molecule has 88 heavy (non-hydrogen) atoms. The van der Waals surface area contributed by atoms with Gasteiger partial charge in [-0.1, -0.05) is 218 Å². The third-order valence-electron chi connectivity index (χ3n) is 17.8. The summed E-state index contributed by atoms with van der Waals surface area (Å²) >= 11 is 0. The Morgan fingerprint density at radius 3 is 1.36 bits per heavy atom. The van der Waals surface area contributed by atoms with Gasteiger partial charge in [0.25, 0.3) is 0 Å². The quantitative estimate of drug-likeness (QED) is 0.142. The molecular weight excluding hydrogens is 1070 g/mol. The average molecular weight is 1130 g/mol. The minimum absolute atomic E-state index is 0.229. The normalized spacial score (nSPS) is 15.0. The van der Waals surface area contributed by atoms with Crippen molar-refractivity contribution < 1.29 is 0 Å². The second-order valence-electron chi connectivity index (χ2n) is 22.7. The molecule has 2 aliphatic heterocycles. The Hall–Kier alpha value is -11.8. The van der Waals surface area contributed by atoms with Crippen LogP contribution in [0.2, 0.25) is 0 Å². The van der Waals surface area contributed by atoms with E-state index < -0.39 is 0 Å². The van der Waals surface area contributed by atoms with Crippen LogP contribution in [0.1, 0.15) is 5.56 Å². The Morgan fingerprint density at radius 1 is 0.295 bits per heavy atom. The molecule has 0 N–H and O–H groups in total. The van der Waals surface area contributed by atoms with E-state index in [1.165, 1.54) is 86.6 Å². The number of amidine groups is 1. The molecule has 6 aromatic heterocycles. The van der Waals surface area contributed by atoms with Crippen LogP contribution in [0.5, 0.6) is 0 Å². The predicted octanol–water partition coefficient (Wildman–Crippen LogP) is 19.0. The largest absolute Gasteiger partial charge is 0.307 e. The molecule has 12 aromatic carbocycles. The fourth-order valence-corrected chi connectivity index (χ4v) is 14.0. The summed E-state index contributed by atoms with van der Waals surface area (Å²) in [5.74, 6) is 1.04. The zero-order chi connectivity index (χ0) is 57.8. The fourth-order valence-electron chi connectivity index (χ4n) is 14.0. The van der Waals surface area contributed by atoms with E-state index in [1.54, 1.807) is 0 Å². The Kier molecular flexibility index (Phi) is 11.2. The van der Waals surface area contributed by atoms with Crippen molar-refractivity contribution in [1.82, 2.24) is 33.1 Å². The molecule has 2 atom stereocenters. The molecule has 18 aromatic rings. The number of hydrogen-bond acceptors (Lipinski definition) is 6. The molecule has 0 saturated carbocycles. The topological polar surface area (TPSA) is 79.9 Å². The molecule has 0 bridgehead atoms. The van der Waals surface area contributed by atoms with Crippen LogP contribution in [-0.4, -0.2) is 57.3 Å². The zero-order valence-electron chi connectivity index (χ0n) is 47.5. The maximum absolute atomic E-state index is 5.01. The van der Waals surface area contributed by atoms with Crippen molar-refractivity contribution in [3.8, 4) is 0 Å². The van der Waals surface area contributed by atoms with Gasteiger partial charge >= 0.3 is 0 Å². The number of imidazole rings is 3. The standard InChI is InChI=1S/2C23H14N2.C19H12N2.C14H11N3/c1-2-8-16-15(7-1)13-14-18-22(16)17-9-3-5-11-20(17)25-21-12-6-4-10-19(21)24-23(18)25;1-2-8-16-15(7-1)13-14-18-17-9-3-5-11-20(17)25-21-12-6-4-10-19(21)24-23(25)22(16)18;1-2-9-15-13(7-1)14-8-3-5-11-17(14)21-18-12-6-4-10-16(18)20-19(15)21;1-2-6-11-10(5-1)14-16-12-7-3-4-8-13(12)17(14)9-15-11/h2*1-14H;1-12H;1-9,12-13H. The third kappa shape index (κ3) is 7.63. The van der Waals surface area contributed by atoms with Crippen LogP contribution in [0.3, 0.4) is 0 Å². The van der Waals surface area contributed by atoms with Gasteiger partial charge in [0.1, 0.15) is 22.8 Å². The van der Waals surface area contributed by atoms with Gasteiger partial charge in [0, 0.05) is 43.3 Å². The van der Waals surface area contributed by atoms with E-state index in [0.717, 1.165) is 67.1 Å². The molecule has 412 valence electrons. The van der Waals surface area contributed by atoms with E-state index in [-0.39, 0.29) is 6.04 Å². The van der Waals surface area contributed by atoms with Gasteiger partial charge in [-0.15, -0.1) is 0 Å². The average Bonchev–Trinajstić information content (AvgIpc) is 1.64. The lowest BCUT2D eigenvalue weighted by molar-refractivity contribution is 0.524. The molecule has 1 aliphatic carbocycles. The SMILES string of the molecule is C1=CC2N=C3c4ccccc4N=CN3C2C=C1.c1ccc2c(c1)ccc1c2c2ccccc2n2c3ccccc3nc12.c1ccc2c(c1)ccc1c3ccccc3n3c4ccccc4nc3c21.c1ccc2c(c1)nc1c3ccccc3c3ccccc3n21. The summed E-state index contributed by atoms with van der Waals surface area (Å²) in [6, 6.07) is 94.1. The second-order valence-corrected chi connectivity index (χ2v) is 22.7. The van der Waals surface area contributed by atoms with E-state index in [1.807, 2.05) is 30.6 Å². The van der Waals surface area contributed by atoms with Crippen molar-refractivity contribution in [3.05, 3.63) is 297 Å². The highest BCUT2D eigenvalue weighted by Gasteiger charge is 2.36. The first-order valence-corrected chi connectivity index (χ1v) is 29.9. The van der Waals surface area contributed by atoms with Crippen molar-refractivity contribution in [2.24, 2.45) is 9.98 Å². The van der Waals surface area contributed by atoms with Gasteiger partial charge in [-0.05, 0) is 105 Å². The van der Waals surface area contributed by atoms with Gasteiger partial charge in [0.2, 0.25) is 0 Å². The van der Waals surface area contributed by atoms with Crippen molar-refractivity contribution >= 4 is 154 Å². The number of aliphatic imine (C=N–C) groups is 2. The van der Waals surface area contributed by atoms with Crippen LogP contribution in [0.25, 0.3) is 137 Å². The van der Waals surface area contributed by atoms with Gasteiger partial charge in [-0.3, -0.25) is 18.2 Å². The number of pyridine rings is 3. The molecule has 0 amide bonds. The number of hydrogen-bond donors (Lipinski definition) is 0. The van der Waals surface area contributed by atoms with Crippen LogP contribution in [0.4, 0.5) is 5.69 Å². The number of aromatic nitrogens is 6. The van der Waals surface area contributed by atoms with Gasteiger partial charge in [-0.25, -0.2) is 19.9 Å². The van der Waals surface area contributed by atoms with Crippen LogP contribution in [0, 0.1) is 0 Å². The van der Waals surface area contributed by atoms with Gasteiger partial charge in [0.05, 0.1) is 73.8 Å². The predicted molar refractivity (Wildman–Crippen MR) is 367 cm³/mol. The lowest BCUT2D eigenvalue weighted by atomic mass is 9.99. The molecule has 0 radical (unpaired) electrons. The molecule has 8 heterocycles. The lowest BCUT2D eigenvalue weighted by Crippen LogP contribution is -2.39. The molecule has 21 rings (SSSR count). The number of benzene rings is 12. The summed E-state index contributed by atoms with van der Waals surface area (Å²) < 4.78 is 6.87. The summed E-state index contributed by atoms with van der Waals surface area (Å²) in [6.45, 7) is 0. The summed E-state index contributed by atoms with van der Waals surface area (Å²) in [7, 11) is 0. The fraction of sp³-hybridized carbons (Fsp3) is 0.0253. The third-order valence-corrected chi connectivity index (χ3v) is 17.8. The van der Waals surface area contributed by atoms with Crippen LogP contribution >= 0.6 is 0 Å². The minimum Gasteiger partial charge on any atom is -0.307 e. The molecule has 3 aliphatic rings. The number of nitrogens with zero attached hydrogens (tertiary/aromatic N) is 9. The number of para-hydroxylation sites is 10. The lowest BCUT2D eigenvalue weighted by Gasteiger charge is -2.27. The Balaban J connectivity index is 0.0000000888. The second kappa shape index (κ2) is 19.9. The van der Waals surface area contributed by atoms with Gasteiger partial charge < -0.3 is 4.90 Å². The highest BCUT2D eigenvalue weighted by molar-refractivity contribution is 6.25. The van der Waals surface area contributed by atoms with E-state index in [9.17, 15) is 0 Å². The summed E-state index contributed by atoms with van der Waals surface area (Å²) in [6.07, 6.45) is 10.4. The minimum atomic E-state index is 0.229. The number of fused-ring (bicyclic) bond motifs is 33. The first kappa shape index (κ1) is 49.6. The first-order valence-electron chi connectivity index (χ1n) is 29.9. The summed E-state index contributed by atoms with van der Waals surface area (Å²) in [5.41, 5.74) is 15.4. The molecule has 9 nitrogen and oxygen atoms in total. The van der Waals surface area contributed by atoms with Crippen molar-refractivity contribution in [2.45, 2.75) is 12.1 Å². The summed E-state index contributed by atoms with van der Waals surface area (Å²) in [5, 5.41) is 16.3. The van der Waals surface area contributed by atoms with Crippen LogP contribution in [-0.2, 0) is 0 Å².